The lowest BCUT2D eigenvalue weighted by Crippen LogP contribution is -2.31. The van der Waals surface area contributed by atoms with Gasteiger partial charge in [-0.25, -0.2) is 0 Å². The number of benzene rings is 2. The summed E-state index contributed by atoms with van der Waals surface area (Å²) in [6, 6.07) is 12.0. The van der Waals surface area contributed by atoms with E-state index in [0.717, 1.165) is 0 Å². The molecule has 152 valence electrons. The highest BCUT2D eigenvalue weighted by molar-refractivity contribution is 6.21. The van der Waals surface area contributed by atoms with Crippen LogP contribution in [0.25, 0.3) is 0 Å². The molecule has 0 saturated heterocycles. The van der Waals surface area contributed by atoms with Crippen LogP contribution in [0.2, 0.25) is 0 Å². The number of amides is 3. The Morgan fingerprint density at radius 1 is 1.07 bits per heavy atom. The summed E-state index contributed by atoms with van der Waals surface area (Å²) in [4.78, 5) is 41.1. The van der Waals surface area contributed by atoms with Gasteiger partial charge in [0.2, 0.25) is 0 Å². The molecule has 0 radical (unpaired) electrons. The van der Waals surface area contributed by atoms with Gasteiger partial charge in [0.25, 0.3) is 17.7 Å². The number of hydrogen-bond donors (Lipinski definition) is 0. The predicted molar refractivity (Wildman–Crippen MR) is 110 cm³/mol. The smallest absolute Gasteiger partial charge is 0.261 e. The molecule has 0 aromatic heterocycles. The van der Waals surface area contributed by atoms with Crippen LogP contribution in [-0.4, -0.2) is 47.7 Å². The number of fused-ring (bicyclic) bond motifs is 1. The second-order valence-electron chi connectivity index (χ2n) is 7.59. The average Bonchev–Trinajstić information content (AvgIpc) is 2.93. The van der Waals surface area contributed by atoms with Gasteiger partial charge in [0, 0.05) is 13.6 Å². The number of carbonyl (C=O) groups excluding carboxylic acids is 3. The second-order valence-corrected chi connectivity index (χ2v) is 7.59. The van der Waals surface area contributed by atoms with Crippen molar-refractivity contribution in [1.29, 1.82) is 0 Å². The lowest BCUT2D eigenvalue weighted by Gasteiger charge is -2.22. The third-order valence-corrected chi connectivity index (χ3v) is 4.78. The lowest BCUT2D eigenvalue weighted by molar-refractivity contribution is 0.0642. The maximum atomic E-state index is 13.0. The number of carbonyl (C=O) groups is 3. The van der Waals surface area contributed by atoms with E-state index < -0.39 is 0 Å². The summed E-state index contributed by atoms with van der Waals surface area (Å²) >= 11 is 0. The monoisotopic (exact) mass is 394 g/mol. The van der Waals surface area contributed by atoms with Crippen molar-refractivity contribution in [2.45, 2.75) is 27.3 Å². The maximum Gasteiger partial charge on any atom is 0.261 e. The molecule has 0 aliphatic carbocycles. The van der Waals surface area contributed by atoms with Gasteiger partial charge in [-0.05, 0) is 42.7 Å². The Morgan fingerprint density at radius 3 is 2.24 bits per heavy atom. The van der Waals surface area contributed by atoms with E-state index in [0.29, 0.717) is 47.1 Å². The van der Waals surface area contributed by atoms with Crippen molar-refractivity contribution in [2.75, 3.05) is 20.2 Å². The first-order valence-corrected chi connectivity index (χ1v) is 9.79. The van der Waals surface area contributed by atoms with Gasteiger partial charge in [-0.2, -0.15) is 0 Å². The zero-order valence-electron chi connectivity index (χ0n) is 17.3. The van der Waals surface area contributed by atoms with Crippen LogP contribution in [0.5, 0.6) is 5.75 Å². The van der Waals surface area contributed by atoms with E-state index in [4.69, 9.17) is 4.74 Å². The van der Waals surface area contributed by atoms with Gasteiger partial charge in [0.1, 0.15) is 5.75 Å². The third kappa shape index (κ3) is 4.16. The van der Waals surface area contributed by atoms with Crippen molar-refractivity contribution < 1.29 is 19.1 Å². The highest BCUT2D eigenvalue weighted by atomic mass is 16.5. The fourth-order valence-corrected chi connectivity index (χ4v) is 3.53. The Balaban J connectivity index is 1.89. The molecule has 0 saturated carbocycles. The van der Waals surface area contributed by atoms with Crippen LogP contribution in [0.4, 0.5) is 0 Å². The molecule has 29 heavy (non-hydrogen) atoms. The number of imide groups is 1. The topological polar surface area (TPSA) is 66.9 Å². The lowest BCUT2D eigenvalue weighted by atomic mass is 10.1. The Kier molecular flexibility index (Phi) is 6.01. The molecule has 6 nitrogen and oxygen atoms in total. The first-order chi connectivity index (χ1) is 13.8. The standard InChI is InChI=1S/C23H26N2O4/c1-5-29-20-11-10-16(12-19(20)21(26)24(4)13-15(2)3)14-25-22(27)17-8-6-7-9-18(17)23(25)28/h6-12,15H,5,13-14H2,1-4H3. The van der Waals surface area contributed by atoms with Crippen LogP contribution in [-0.2, 0) is 6.54 Å². The summed E-state index contributed by atoms with van der Waals surface area (Å²) in [5.41, 5.74) is 1.96. The molecular weight excluding hydrogens is 368 g/mol. The van der Waals surface area contributed by atoms with Crippen molar-refractivity contribution in [3.8, 4) is 5.75 Å². The zero-order valence-corrected chi connectivity index (χ0v) is 17.3. The third-order valence-electron chi connectivity index (χ3n) is 4.78. The molecule has 1 heterocycles. The minimum Gasteiger partial charge on any atom is -0.493 e. The molecule has 0 atom stereocenters. The molecule has 0 unspecified atom stereocenters. The van der Waals surface area contributed by atoms with Gasteiger partial charge in [-0.3, -0.25) is 19.3 Å². The molecule has 2 aromatic carbocycles. The molecule has 0 fully saturated rings. The van der Waals surface area contributed by atoms with Gasteiger partial charge < -0.3 is 9.64 Å². The summed E-state index contributed by atoms with van der Waals surface area (Å²) < 4.78 is 5.64. The summed E-state index contributed by atoms with van der Waals surface area (Å²) in [5, 5.41) is 0. The van der Waals surface area contributed by atoms with Crippen LogP contribution >= 0.6 is 0 Å². The number of rotatable bonds is 7. The SMILES string of the molecule is CCOc1ccc(CN2C(=O)c3ccccc3C2=O)cc1C(=O)N(C)CC(C)C. The van der Waals surface area contributed by atoms with Crippen molar-refractivity contribution in [3.63, 3.8) is 0 Å². The van der Waals surface area contributed by atoms with Crippen LogP contribution < -0.4 is 4.74 Å². The van der Waals surface area contributed by atoms with Crippen molar-refractivity contribution in [1.82, 2.24) is 9.80 Å². The van der Waals surface area contributed by atoms with E-state index in [1.807, 2.05) is 20.8 Å². The quantitative estimate of drug-likeness (QED) is 0.673. The van der Waals surface area contributed by atoms with E-state index in [1.165, 1.54) is 4.90 Å². The van der Waals surface area contributed by atoms with Gasteiger partial charge >= 0.3 is 0 Å². The number of ether oxygens (including phenoxy) is 1. The molecular formula is C23H26N2O4. The van der Waals surface area contributed by atoms with Gasteiger partial charge in [0.05, 0.1) is 29.8 Å². The van der Waals surface area contributed by atoms with Crippen LogP contribution in [0.15, 0.2) is 42.5 Å². The zero-order chi connectivity index (χ0) is 21.1. The first kappa shape index (κ1) is 20.6. The molecule has 1 aliphatic heterocycles. The predicted octanol–water partition coefficient (Wildman–Crippen LogP) is 3.61. The Bertz CT molecular complexity index is 917. The fourth-order valence-electron chi connectivity index (χ4n) is 3.53. The van der Waals surface area contributed by atoms with Crippen molar-refractivity contribution >= 4 is 17.7 Å². The first-order valence-electron chi connectivity index (χ1n) is 9.79. The molecule has 0 N–H and O–H groups in total. The second kappa shape index (κ2) is 8.47. The Labute approximate surface area is 171 Å². The maximum absolute atomic E-state index is 13.0. The summed E-state index contributed by atoms with van der Waals surface area (Å²) in [6.45, 7) is 7.11. The molecule has 3 rings (SSSR count). The number of hydrogen-bond acceptors (Lipinski definition) is 4. The molecule has 1 aliphatic rings. The van der Waals surface area contributed by atoms with Gasteiger partial charge in [-0.1, -0.05) is 32.0 Å². The van der Waals surface area contributed by atoms with E-state index in [2.05, 4.69) is 0 Å². The molecule has 0 bridgehead atoms. The Morgan fingerprint density at radius 2 is 1.69 bits per heavy atom. The van der Waals surface area contributed by atoms with Crippen LogP contribution in [0.1, 0.15) is 57.4 Å². The van der Waals surface area contributed by atoms with Crippen molar-refractivity contribution in [3.05, 3.63) is 64.7 Å². The van der Waals surface area contributed by atoms with Gasteiger partial charge in [-0.15, -0.1) is 0 Å². The summed E-state index contributed by atoms with van der Waals surface area (Å²) in [6.07, 6.45) is 0. The highest BCUT2D eigenvalue weighted by Crippen LogP contribution is 2.27. The normalized spacial score (nSPS) is 13.1. The highest BCUT2D eigenvalue weighted by Gasteiger charge is 2.35. The minimum atomic E-state index is -0.315. The summed E-state index contributed by atoms with van der Waals surface area (Å²) in [5.74, 6) is 0.0557. The van der Waals surface area contributed by atoms with E-state index in [9.17, 15) is 14.4 Å². The minimum absolute atomic E-state index is 0.104. The average molecular weight is 394 g/mol. The van der Waals surface area contributed by atoms with Crippen molar-refractivity contribution in [2.24, 2.45) is 5.92 Å². The molecule has 2 aromatic rings. The Hall–Kier alpha value is -3.15. The summed E-state index contributed by atoms with van der Waals surface area (Å²) in [7, 11) is 1.76. The van der Waals surface area contributed by atoms with Gasteiger partial charge in [0.15, 0.2) is 0 Å². The molecule has 3 amide bonds. The largest absolute Gasteiger partial charge is 0.493 e. The molecule has 0 spiro atoms. The van der Waals surface area contributed by atoms with E-state index in [1.54, 1.807) is 54.4 Å². The van der Waals surface area contributed by atoms with E-state index in [-0.39, 0.29) is 24.3 Å². The van der Waals surface area contributed by atoms with Crippen LogP contribution in [0, 0.1) is 5.92 Å². The van der Waals surface area contributed by atoms with Crippen LogP contribution in [0.3, 0.4) is 0 Å². The number of nitrogens with zero attached hydrogens (tertiary/aromatic N) is 2. The molecule has 6 heteroatoms. The van der Waals surface area contributed by atoms with E-state index >= 15 is 0 Å². The fraction of sp³-hybridized carbons (Fsp3) is 0.348.